The number of halogens is 1. The van der Waals surface area contributed by atoms with Crippen molar-refractivity contribution in [3.63, 3.8) is 0 Å². The number of nitrogens with two attached hydrogens (primary N) is 1. The molecule has 3 nitrogen and oxygen atoms in total. The fourth-order valence-corrected chi connectivity index (χ4v) is 3.08. The summed E-state index contributed by atoms with van der Waals surface area (Å²) in [6.45, 7) is 1.18. The van der Waals surface area contributed by atoms with Crippen LogP contribution in [0.5, 0.6) is 0 Å². The molecule has 1 saturated carbocycles. The quantitative estimate of drug-likeness (QED) is 0.860. The second-order valence-electron chi connectivity index (χ2n) is 5.87. The minimum absolute atomic E-state index is 0.0233. The van der Waals surface area contributed by atoms with Crippen LogP contribution >= 0.6 is 15.9 Å². The molecule has 0 saturated heterocycles. The minimum atomic E-state index is -0.0233. The average molecular weight is 359 g/mol. The van der Waals surface area contributed by atoms with Crippen molar-refractivity contribution in [1.29, 1.82) is 0 Å². The van der Waals surface area contributed by atoms with Gasteiger partial charge in [-0.2, -0.15) is 0 Å². The van der Waals surface area contributed by atoms with Gasteiger partial charge in [0.05, 0.1) is 0 Å². The molecule has 4 heteroatoms. The summed E-state index contributed by atoms with van der Waals surface area (Å²) in [5.41, 5.74) is 8.69. The van der Waals surface area contributed by atoms with Gasteiger partial charge in [-0.25, -0.2) is 0 Å². The Kier molecular flexibility index (Phi) is 4.32. The lowest BCUT2D eigenvalue weighted by atomic mass is 9.96. The maximum absolute atomic E-state index is 12.3. The van der Waals surface area contributed by atoms with E-state index in [2.05, 4.69) is 33.4 Å². The molecular weight excluding hydrogens is 340 g/mol. The standard InChI is InChI=1S/C18H19BrN2O/c19-16-3-1-2-15(10-16)18(8-9-18)12-21-17(22)14-6-4-13(11-20)5-7-14/h1-7,10H,8-9,11-12,20H2,(H,21,22). The van der Waals surface area contributed by atoms with E-state index in [4.69, 9.17) is 5.73 Å². The van der Waals surface area contributed by atoms with E-state index in [-0.39, 0.29) is 11.3 Å². The second-order valence-corrected chi connectivity index (χ2v) is 6.79. The zero-order chi connectivity index (χ0) is 15.6. The monoisotopic (exact) mass is 358 g/mol. The summed E-state index contributed by atoms with van der Waals surface area (Å²) in [5.74, 6) is -0.0233. The number of benzene rings is 2. The molecule has 0 aromatic heterocycles. The molecule has 2 aromatic carbocycles. The van der Waals surface area contributed by atoms with Crippen molar-refractivity contribution < 1.29 is 4.79 Å². The molecule has 0 spiro atoms. The van der Waals surface area contributed by atoms with Gasteiger partial charge in [0, 0.05) is 28.5 Å². The predicted molar refractivity (Wildman–Crippen MR) is 91.7 cm³/mol. The zero-order valence-corrected chi connectivity index (χ0v) is 13.9. The highest BCUT2D eigenvalue weighted by Crippen LogP contribution is 2.48. The van der Waals surface area contributed by atoms with E-state index in [1.165, 1.54) is 5.56 Å². The summed E-state index contributed by atoms with van der Waals surface area (Å²) in [6, 6.07) is 15.8. The first kappa shape index (κ1) is 15.3. The van der Waals surface area contributed by atoms with Gasteiger partial charge in [0.15, 0.2) is 0 Å². The van der Waals surface area contributed by atoms with Gasteiger partial charge in [-0.05, 0) is 48.2 Å². The van der Waals surface area contributed by atoms with Crippen molar-refractivity contribution in [2.24, 2.45) is 5.73 Å². The third kappa shape index (κ3) is 3.23. The lowest BCUT2D eigenvalue weighted by Crippen LogP contribution is -2.32. The van der Waals surface area contributed by atoms with Crippen molar-refractivity contribution in [2.75, 3.05) is 6.54 Å². The Morgan fingerprint density at radius 2 is 1.91 bits per heavy atom. The molecular formula is C18H19BrN2O. The number of hydrogen-bond acceptors (Lipinski definition) is 2. The van der Waals surface area contributed by atoms with Crippen LogP contribution in [0.1, 0.15) is 34.3 Å². The van der Waals surface area contributed by atoms with Crippen LogP contribution in [0.15, 0.2) is 53.0 Å². The van der Waals surface area contributed by atoms with Crippen LogP contribution in [0.3, 0.4) is 0 Å². The first-order valence-electron chi connectivity index (χ1n) is 7.46. The van der Waals surface area contributed by atoms with Crippen LogP contribution in [0, 0.1) is 0 Å². The molecule has 0 bridgehead atoms. The lowest BCUT2D eigenvalue weighted by molar-refractivity contribution is 0.0949. The molecule has 3 N–H and O–H groups in total. The summed E-state index contributed by atoms with van der Waals surface area (Å²) in [5, 5.41) is 3.07. The van der Waals surface area contributed by atoms with Gasteiger partial charge in [-0.3, -0.25) is 4.79 Å². The van der Waals surface area contributed by atoms with Crippen molar-refractivity contribution in [3.8, 4) is 0 Å². The molecule has 1 aliphatic carbocycles. The molecule has 2 aromatic rings. The molecule has 1 fully saturated rings. The van der Waals surface area contributed by atoms with Crippen molar-refractivity contribution in [3.05, 3.63) is 69.7 Å². The molecule has 0 heterocycles. The topological polar surface area (TPSA) is 55.1 Å². The maximum Gasteiger partial charge on any atom is 0.251 e. The van der Waals surface area contributed by atoms with E-state index in [9.17, 15) is 4.79 Å². The number of hydrogen-bond donors (Lipinski definition) is 2. The van der Waals surface area contributed by atoms with Crippen molar-refractivity contribution in [1.82, 2.24) is 5.32 Å². The molecule has 1 amide bonds. The first-order chi connectivity index (χ1) is 10.6. The molecule has 1 aliphatic rings. The van der Waals surface area contributed by atoms with E-state index in [0.717, 1.165) is 22.9 Å². The van der Waals surface area contributed by atoms with Gasteiger partial charge in [0.2, 0.25) is 0 Å². The highest BCUT2D eigenvalue weighted by atomic mass is 79.9. The normalized spacial score (nSPS) is 15.4. The Hall–Kier alpha value is -1.65. The highest BCUT2D eigenvalue weighted by Gasteiger charge is 2.44. The highest BCUT2D eigenvalue weighted by molar-refractivity contribution is 9.10. The molecule has 22 heavy (non-hydrogen) atoms. The molecule has 0 radical (unpaired) electrons. The Bertz CT molecular complexity index is 678. The Morgan fingerprint density at radius 1 is 1.18 bits per heavy atom. The maximum atomic E-state index is 12.3. The number of rotatable bonds is 5. The van der Waals surface area contributed by atoms with Crippen LogP contribution in [0.25, 0.3) is 0 Å². The number of nitrogens with one attached hydrogen (secondary N) is 1. The molecule has 114 valence electrons. The largest absolute Gasteiger partial charge is 0.351 e. The van der Waals surface area contributed by atoms with Gasteiger partial charge < -0.3 is 11.1 Å². The fourth-order valence-electron chi connectivity index (χ4n) is 2.68. The van der Waals surface area contributed by atoms with E-state index in [0.29, 0.717) is 18.7 Å². The van der Waals surface area contributed by atoms with Gasteiger partial charge in [0.1, 0.15) is 0 Å². The Balaban J connectivity index is 1.65. The molecule has 0 atom stereocenters. The van der Waals surface area contributed by atoms with Crippen LogP contribution in [-0.2, 0) is 12.0 Å². The van der Waals surface area contributed by atoms with Crippen molar-refractivity contribution >= 4 is 21.8 Å². The van der Waals surface area contributed by atoms with Crippen molar-refractivity contribution in [2.45, 2.75) is 24.8 Å². The van der Waals surface area contributed by atoms with Crippen LogP contribution < -0.4 is 11.1 Å². The summed E-state index contributed by atoms with van der Waals surface area (Å²) < 4.78 is 1.08. The summed E-state index contributed by atoms with van der Waals surface area (Å²) in [6.07, 6.45) is 2.24. The summed E-state index contributed by atoms with van der Waals surface area (Å²) in [7, 11) is 0. The predicted octanol–water partition coefficient (Wildman–Crippen LogP) is 3.37. The van der Waals surface area contributed by atoms with E-state index in [1.54, 1.807) is 0 Å². The molecule has 0 unspecified atom stereocenters. The first-order valence-corrected chi connectivity index (χ1v) is 8.25. The summed E-state index contributed by atoms with van der Waals surface area (Å²) >= 11 is 3.52. The van der Waals surface area contributed by atoms with E-state index < -0.39 is 0 Å². The molecule has 3 rings (SSSR count). The third-order valence-electron chi connectivity index (χ3n) is 4.33. The summed E-state index contributed by atoms with van der Waals surface area (Å²) in [4.78, 5) is 12.3. The smallest absolute Gasteiger partial charge is 0.251 e. The molecule has 0 aliphatic heterocycles. The SMILES string of the molecule is NCc1ccc(C(=O)NCC2(c3cccc(Br)c3)CC2)cc1. The minimum Gasteiger partial charge on any atom is -0.351 e. The van der Waals surface area contributed by atoms with Gasteiger partial charge in [-0.15, -0.1) is 0 Å². The van der Waals surface area contributed by atoms with E-state index in [1.807, 2.05) is 36.4 Å². The fraction of sp³-hybridized carbons (Fsp3) is 0.278. The number of carbonyl (C=O) groups is 1. The second kappa shape index (κ2) is 6.23. The lowest BCUT2D eigenvalue weighted by Gasteiger charge is -2.17. The van der Waals surface area contributed by atoms with Crippen LogP contribution in [-0.4, -0.2) is 12.5 Å². The van der Waals surface area contributed by atoms with Crippen LogP contribution in [0.2, 0.25) is 0 Å². The third-order valence-corrected chi connectivity index (χ3v) is 4.82. The van der Waals surface area contributed by atoms with Gasteiger partial charge >= 0.3 is 0 Å². The Labute approximate surface area is 139 Å². The average Bonchev–Trinajstić information content (AvgIpc) is 3.34. The van der Waals surface area contributed by atoms with Gasteiger partial charge in [0.25, 0.3) is 5.91 Å². The zero-order valence-electron chi connectivity index (χ0n) is 12.3. The van der Waals surface area contributed by atoms with Gasteiger partial charge in [-0.1, -0.05) is 40.2 Å². The Morgan fingerprint density at radius 3 is 2.50 bits per heavy atom. The number of amides is 1. The van der Waals surface area contributed by atoms with Crippen LogP contribution in [0.4, 0.5) is 0 Å². The van der Waals surface area contributed by atoms with E-state index >= 15 is 0 Å². The number of carbonyl (C=O) groups excluding carboxylic acids is 1.